The van der Waals surface area contributed by atoms with Gasteiger partial charge in [0, 0.05) is 12.2 Å². The van der Waals surface area contributed by atoms with Crippen LogP contribution in [0.2, 0.25) is 0 Å². The number of primary amides is 1. The molecule has 0 aromatic rings. The van der Waals surface area contributed by atoms with E-state index in [0.29, 0.717) is 0 Å². The Labute approximate surface area is 190 Å². The molecular weight excluding hydrogens is 446 g/mol. The van der Waals surface area contributed by atoms with Crippen molar-refractivity contribution >= 4 is 48.2 Å². The van der Waals surface area contributed by atoms with Gasteiger partial charge in [0.2, 0.25) is 23.6 Å². The van der Waals surface area contributed by atoms with E-state index in [9.17, 15) is 33.9 Å². The largest absolute Gasteiger partial charge is 0.481 e. The zero-order valence-corrected chi connectivity index (χ0v) is 18.8. The van der Waals surface area contributed by atoms with Crippen molar-refractivity contribution in [2.75, 3.05) is 5.75 Å². The molecule has 0 radical (unpaired) electrons. The SMILES string of the molecule is CC(C)CC(NC(=O)C(CC(N)=O)NC(=O)C(N)CS)C(=O)NC(CCC(=O)O)C(=O)O. The van der Waals surface area contributed by atoms with Crippen LogP contribution < -0.4 is 27.4 Å². The monoisotopic (exact) mass is 477 g/mol. The standard InChI is InChI=1S/C18H31N5O8S/c1-8(2)5-11(16(28)21-10(18(30)31)3-4-14(25)26)23-17(29)12(6-13(20)24)22-15(27)9(19)7-32/h8-12,32H,3-7,19H2,1-2H3,(H2,20,24)(H,21,28)(H,22,27)(H,23,29)(H,25,26)(H,30,31). The summed E-state index contributed by atoms with van der Waals surface area (Å²) < 4.78 is 0. The predicted molar refractivity (Wildman–Crippen MR) is 115 cm³/mol. The average molecular weight is 478 g/mol. The van der Waals surface area contributed by atoms with Gasteiger partial charge in [0.15, 0.2) is 0 Å². The Morgan fingerprint density at radius 1 is 0.875 bits per heavy atom. The maximum absolute atomic E-state index is 12.7. The molecular formula is C18H31N5O8S. The summed E-state index contributed by atoms with van der Waals surface area (Å²) in [5.41, 5.74) is 10.7. The van der Waals surface area contributed by atoms with E-state index < -0.39 is 72.6 Å². The topological polar surface area (TPSA) is 231 Å². The van der Waals surface area contributed by atoms with Crippen LogP contribution in [0.3, 0.4) is 0 Å². The molecule has 182 valence electrons. The van der Waals surface area contributed by atoms with Crippen molar-refractivity contribution in [3.05, 3.63) is 0 Å². The first-order chi connectivity index (χ1) is 14.8. The van der Waals surface area contributed by atoms with Crippen molar-refractivity contribution in [1.82, 2.24) is 16.0 Å². The molecule has 14 heteroatoms. The molecule has 0 spiro atoms. The average Bonchev–Trinajstić information content (AvgIpc) is 2.67. The van der Waals surface area contributed by atoms with E-state index in [1.807, 2.05) is 0 Å². The van der Waals surface area contributed by atoms with Gasteiger partial charge in [-0.15, -0.1) is 0 Å². The van der Waals surface area contributed by atoms with Gasteiger partial charge >= 0.3 is 11.9 Å². The molecule has 0 saturated heterocycles. The number of carbonyl (C=O) groups is 6. The number of nitrogens with one attached hydrogen (secondary N) is 3. The maximum atomic E-state index is 12.7. The minimum absolute atomic E-state index is 0.0258. The Kier molecular flexibility index (Phi) is 13.0. The van der Waals surface area contributed by atoms with Crippen molar-refractivity contribution in [3.8, 4) is 0 Å². The van der Waals surface area contributed by atoms with Crippen molar-refractivity contribution < 1.29 is 39.0 Å². The van der Waals surface area contributed by atoms with Crippen LogP contribution in [0.25, 0.3) is 0 Å². The Balaban J connectivity index is 5.48. The third kappa shape index (κ3) is 11.5. The molecule has 0 bridgehead atoms. The fourth-order valence-corrected chi connectivity index (χ4v) is 2.71. The molecule has 0 saturated carbocycles. The molecule has 4 amide bonds. The first kappa shape index (κ1) is 29.1. The van der Waals surface area contributed by atoms with Gasteiger partial charge in [0.1, 0.15) is 18.1 Å². The van der Waals surface area contributed by atoms with Gasteiger partial charge < -0.3 is 37.6 Å². The fraction of sp³-hybridized carbons (Fsp3) is 0.667. The molecule has 0 rings (SSSR count). The number of thiol groups is 1. The lowest BCUT2D eigenvalue weighted by Gasteiger charge is -2.25. The van der Waals surface area contributed by atoms with E-state index in [0.717, 1.165) is 0 Å². The summed E-state index contributed by atoms with van der Waals surface area (Å²) in [6, 6.07) is -5.18. The summed E-state index contributed by atoms with van der Waals surface area (Å²) >= 11 is 3.88. The Morgan fingerprint density at radius 2 is 1.38 bits per heavy atom. The van der Waals surface area contributed by atoms with Crippen LogP contribution in [-0.2, 0) is 28.8 Å². The highest BCUT2D eigenvalue weighted by molar-refractivity contribution is 7.80. The molecule has 9 N–H and O–H groups in total. The van der Waals surface area contributed by atoms with Crippen LogP contribution in [-0.4, -0.2) is 75.7 Å². The van der Waals surface area contributed by atoms with Gasteiger partial charge in [-0.1, -0.05) is 13.8 Å². The number of nitrogens with two attached hydrogens (primary N) is 2. The number of aliphatic carboxylic acids is 2. The number of rotatable bonds is 15. The maximum Gasteiger partial charge on any atom is 0.326 e. The lowest BCUT2D eigenvalue weighted by atomic mass is 10.0. The normalized spacial score (nSPS) is 14.5. The lowest BCUT2D eigenvalue weighted by molar-refractivity contribution is -0.143. The molecule has 4 atom stereocenters. The molecule has 0 aromatic heterocycles. The molecule has 0 aliphatic carbocycles. The molecule has 0 aliphatic heterocycles. The third-order valence-corrected chi connectivity index (χ3v) is 4.57. The van der Waals surface area contributed by atoms with Crippen molar-refractivity contribution in [3.63, 3.8) is 0 Å². The quantitative estimate of drug-likeness (QED) is 0.117. The van der Waals surface area contributed by atoms with Gasteiger partial charge in [-0.25, -0.2) is 4.79 Å². The highest BCUT2D eigenvalue weighted by atomic mass is 32.1. The summed E-state index contributed by atoms with van der Waals surface area (Å²) in [5, 5.41) is 24.8. The van der Waals surface area contributed by atoms with Gasteiger partial charge in [-0.2, -0.15) is 12.6 Å². The molecule has 4 unspecified atom stereocenters. The summed E-state index contributed by atoms with van der Waals surface area (Å²) in [5.74, 6) is -6.23. The minimum Gasteiger partial charge on any atom is -0.481 e. The number of hydrogen-bond acceptors (Lipinski definition) is 8. The number of carboxylic acid groups (broad SMARTS) is 2. The third-order valence-electron chi connectivity index (χ3n) is 4.17. The molecule has 0 heterocycles. The van der Waals surface area contributed by atoms with E-state index in [4.69, 9.17) is 16.6 Å². The fourth-order valence-electron chi connectivity index (χ4n) is 2.54. The van der Waals surface area contributed by atoms with Gasteiger partial charge in [0.05, 0.1) is 12.5 Å². The number of hydrogen-bond donors (Lipinski definition) is 8. The smallest absolute Gasteiger partial charge is 0.326 e. The van der Waals surface area contributed by atoms with E-state index in [2.05, 4.69) is 28.6 Å². The van der Waals surface area contributed by atoms with Crippen LogP contribution >= 0.6 is 12.6 Å². The van der Waals surface area contributed by atoms with E-state index in [1.54, 1.807) is 13.8 Å². The van der Waals surface area contributed by atoms with E-state index in [1.165, 1.54) is 0 Å². The minimum atomic E-state index is -1.49. The summed E-state index contributed by atoms with van der Waals surface area (Å²) in [6.07, 6.45) is -1.32. The second-order valence-corrected chi connectivity index (χ2v) is 7.91. The molecule has 13 nitrogen and oxygen atoms in total. The van der Waals surface area contributed by atoms with Crippen LogP contribution in [0.15, 0.2) is 0 Å². The molecule has 0 aliphatic rings. The highest BCUT2D eigenvalue weighted by Crippen LogP contribution is 2.08. The Hall–Kier alpha value is -2.87. The number of carbonyl (C=O) groups excluding carboxylic acids is 4. The second-order valence-electron chi connectivity index (χ2n) is 7.54. The van der Waals surface area contributed by atoms with Crippen molar-refractivity contribution in [2.24, 2.45) is 17.4 Å². The lowest BCUT2D eigenvalue weighted by Crippen LogP contribution is -2.58. The van der Waals surface area contributed by atoms with E-state index in [-0.39, 0.29) is 24.5 Å². The summed E-state index contributed by atoms with van der Waals surface area (Å²) in [7, 11) is 0. The van der Waals surface area contributed by atoms with Crippen LogP contribution in [0.5, 0.6) is 0 Å². The number of carboxylic acids is 2. The van der Waals surface area contributed by atoms with Crippen LogP contribution in [0.1, 0.15) is 39.5 Å². The zero-order chi connectivity index (χ0) is 25.0. The van der Waals surface area contributed by atoms with E-state index >= 15 is 0 Å². The summed E-state index contributed by atoms with van der Waals surface area (Å²) in [6.45, 7) is 3.50. The Bertz CT molecular complexity index is 717. The first-order valence-corrected chi connectivity index (χ1v) is 10.4. The van der Waals surface area contributed by atoms with Gasteiger partial charge in [-0.3, -0.25) is 24.0 Å². The van der Waals surface area contributed by atoms with Crippen LogP contribution in [0.4, 0.5) is 0 Å². The zero-order valence-electron chi connectivity index (χ0n) is 17.9. The molecule has 0 fully saturated rings. The van der Waals surface area contributed by atoms with Crippen LogP contribution in [0, 0.1) is 5.92 Å². The van der Waals surface area contributed by atoms with Crippen molar-refractivity contribution in [2.45, 2.75) is 63.7 Å². The molecule has 32 heavy (non-hydrogen) atoms. The highest BCUT2D eigenvalue weighted by Gasteiger charge is 2.31. The van der Waals surface area contributed by atoms with Gasteiger partial charge in [-0.05, 0) is 18.8 Å². The predicted octanol–water partition coefficient (Wildman–Crippen LogP) is -2.43. The van der Waals surface area contributed by atoms with Crippen molar-refractivity contribution in [1.29, 1.82) is 0 Å². The number of amides is 4. The second kappa shape index (κ2) is 14.2. The first-order valence-electron chi connectivity index (χ1n) is 9.78. The summed E-state index contributed by atoms with van der Waals surface area (Å²) in [4.78, 5) is 70.7. The van der Waals surface area contributed by atoms with Gasteiger partial charge in [0.25, 0.3) is 0 Å². The molecule has 0 aromatic carbocycles. The Morgan fingerprint density at radius 3 is 1.81 bits per heavy atom.